The van der Waals surface area contributed by atoms with E-state index in [-0.39, 0.29) is 23.7 Å². The number of carbonyl (C=O) groups is 1. The van der Waals surface area contributed by atoms with E-state index < -0.39 is 0 Å². The van der Waals surface area contributed by atoms with Gasteiger partial charge in [-0.3, -0.25) is 9.79 Å². The van der Waals surface area contributed by atoms with Crippen molar-refractivity contribution in [2.45, 2.75) is 69.9 Å². The monoisotopic (exact) mass is 524 g/mol. The molecule has 206 valence electrons. The van der Waals surface area contributed by atoms with Crippen molar-refractivity contribution >= 4 is 11.6 Å². The molecule has 10 nitrogen and oxygen atoms in total. The number of rotatable bonds is 12. The van der Waals surface area contributed by atoms with Gasteiger partial charge in [-0.1, -0.05) is 25.3 Å². The molecule has 1 saturated heterocycles. The quantitative estimate of drug-likeness (QED) is 0.320. The fourth-order valence-corrected chi connectivity index (χ4v) is 5.23. The number of hydrogen-bond acceptors (Lipinski definition) is 9. The van der Waals surface area contributed by atoms with Gasteiger partial charge in [0.25, 0.3) is 5.91 Å². The second kappa shape index (κ2) is 13.9. The molecule has 2 aliphatic rings. The summed E-state index contributed by atoms with van der Waals surface area (Å²) in [5, 5.41) is 10.9. The third kappa shape index (κ3) is 7.56. The number of nitrogens with zero attached hydrogens (tertiary/aromatic N) is 4. The fraction of sp³-hybridized carbons (Fsp3) is 0.571. The van der Waals surface area contributed by atoms with Crippen LogP contribution < -0.4 is 20.5 Å². The first-order valence-electron chi connectivity index (χ1n) is 13.6. The van der Waals surface area contributed by atoms with E-state index in [2.05, 4.69) is 20.4 Å². The van der Waals surface area contributed by atoms with Crippen LogP contribution in [0.5, 0.6) is 11.5 Å². The highest BCUT2D eigenvalue weighted by Gasteiger charge is 2.23. The van der Waals surface area contributed by atoms with Crippen LogP contribution in [0, 0.1) is 0 Å². The van der Waals surface area contributed by atoms with E-state index in [1.54, 1.807) is 20.3 Å². The van der Waals surface area contributed by atoms with E-state index >= 15 is 0 Å². The van der Waals surface area contributed by atoms with Crippen LogP contribution in [0.4, 0.5) is 0 Å². The molecule has 1 saturated carbocycles. The highest BCUT2D eigenvalue weighted by atomic mass is 16.5. The van der Waals surface area contributed by atoms with Crippen molar-refractivity contribution in [2.24, 2.45) is 10.7 Å². The minimum atomic E-state index is -0.360. The summed E-state index contributed by atoms with van der Waals surface area (Å²) in [4.78, 5) is 20.8. The van der Waals surface area contributed by atoms with Crippen LogP contribution in [0.2, 0.25) is 0 Å². The number of methoxy groups -OCH3 is 2. The lowest BCUT2D eigenvalue weighted by Crippen LogP contribution is -2.42. The Bertz CT molecular complexity index is 1070. The molecule has 1 aromatic carbocycles. The van der Waals surface area contributed by atoms with E-state index in [4.69, 9.17) is 24.6 Å². The summed E-state index contributed by atoms with van der Waals surface area (Å²) in [5.74, 6) is 1.35. The summed E-state index contributed by atoms with van der Waals surface area (Å²) >= 11 is 0. The number of benzene rings is 1. The Morgan fingerprint density at radius 2 is 1.89 bits per heavy atom. The van der Waals surface area contributed by atoms with Gasteiger partial charge in [-0.2, -0.15) is 0 Å². The van der Waals surface area contributed by atoms with Crippen LogP contribution in [-0.2, 0) is 11.2 Å². The number of aromatic nitrogens is 2. The SMILES string of the molecule is COc1cccc(OC)c1C(C=C(N)C(=O)NC(CCN1CCCCC1)Cc1nnco1)=NC1CCCC1. The average molecular weight is 525 g/mol. The van der Waals surface area contributed by atoms with Crippen LogP contribution in [0.3, 0.4) is 0 Å². The van der Waals surface area contributed by atoms with Crippen LogP contribution >= 0.6 is 0 Å². The first-order valence-corrected chi connectivity index (χ1v) is 13.6. The lowest BCUT2D eigenvalue weighted by Gasteiger charge is -2.28. The van der Waals surface area contributed by atoms with E-state index in [1.165, 1.54) is 25.7 Å². The van der Waals surface area contributed by atoms with Gasteiger partial charge in [0.15, 0.2) is 0 Å². The fourth-order valence-electron chi connectivity index (χ4n) is 5.23. The zero-order chi connectivity index (χ0) is 26.7. The average Bonchev–Trinajstić information content (AvgIpc) is 3.66. The molecule has 0 bridgehead atoms. The van der Waals surface area contributed by atoms with Crippen molar-refractivity contribution < 1.29 is 18.7 Å². The summed E-state index contributed by atoms with van der Waals surface area (Å²) in [6.45, 7) is 3.06. The highest BCUT2D eigenvalue weighted by molar-refractivity contribution is 6.15. The topological polar surface area (TPSA) is 128 Å². The first-order chi connectivity index (χ1) is 18.6. The normalized spacial score (nSPS) is 18.4. The predicted molar refractivity (Wildman–Crippen MR) is 145 cm³/mol. The van der Waals surface area contributed by atoms with Gasteiger partial charge in [0.1, 0.15) is 11.5 Å². The summed E-state index contributed by atoms with van der Waals surface area (Å²) in [6.07, 6.45) is 12.1. The predicted octanol–water partition coefficient (Wildman–Crippen LogP) is 3.26. The van der Waals surface area contributed by atoms with Crippen LogP contribution in [-0.4, -0.2) is 72.7 Å². The second-order valence-electron chi connectivity index (χ2n) is 9.99. The van der Waals surface area contributed by atoms with Gasteiger partial charge in [-0.15, -0.1) is 10.2 Å². The molecule has 2 aromatic rings. The maximum atomic E-state index is 13.3. The first kappa shape index (κ1) is 27.6. The Hall–Kier alpha value is -3.40. The number of amides is 1. The number of likely N-dealkylation sites (tertiary alicyclic amines) is 1. The number of aliphatic imine (C=N–C) groups is 1. The van der Waals surface area contributed by atoms with E-state index in [0.717, 1.165) is 51.7 Å². The van der Waals surface area contributed by atoms with Crippen LogP contribution in [0.15, 0.2) is 45.8 Å². The zero-order valence-electron chi connectivity index (χ0n) is 22.5. The van der Waals surface area contributed by atoms with Crippen LogP contribution in [0.1, 0.15) is 62.8 Å². The summed E-state index contributed by atoms with van der Waals surface area (Å²) < 4.78 is 16.6. The van der Waals surface area contributed by atoms with Crippen molar-refractivity contribution in [3.8, 4) is 11.5 Å². The van der Waals surface area contributed by atoms with Gasteiger partial charge in [0.05, 0.1) is 37.2 Å². The number of nitrogens with one attached hydrogen (secondary N) is 1. The number of ether oxygens (including phenoxy) is 2. The van der Waals surface area contributed by atoms with Crippen molar-refractivity contribution in [3.05, 3.63) is 47.8 Å². The Morgan fingerprint density at radius 3 is 2.53 bits per heavy atom. The van der Waals surface area contributed by atoms with Crippen molar-refractivity contribution in [1.82, 2.24) is 20.4 Å². The summed E-state index contributed by atoms with van der Waals surface area (Å²) in [5.41, 5.74) is 7.74. The van der Waals surface area contributed by atoms with Gasteiger partial charge < -0.3 is 29.8 Å². The third-order valence-corrected chi connectivity index (χ3v) is 7.29. The molecule has 38 heavy (non-hydrogen) atoms. The van der Waals surface area contributed by atoms with E-state index in [1.807, 2.05) is 18.2 Å². The maximum absolute atomic E-state index is 13.3. The van der Waals surface area contributed by atoms with Crippen molar-refractivity contribution in [3.63, 3.8) is 0 Å². The van der Waals surface area contributed by atoms with Gasteiger partial charge in [-0.05, 0) is 63.4 Å². The van der Waals surface area contributed by atoms with Crippen molar-refractivity contribution in [2.75, 3.05) is 33.9 Å². The molecule has 1 atom stereocenters. The molecule has 1 aromatic heterocycles. The molecule has 4 rings (SSSR count). The Balaban J connectivity index is 1.55. The molecule has 1 aliphatic carbocycles. The summed E-state index contributed by atoms with van der Waals surface area (Å²) in [6, 6.07) is 5.54. The van der Waals surface area contributed by atoms with Crippen LogP contribution in [0.25, 0.3) is 0 Å². The molecule has 1 amide bonds. The van der Waals surface area contributed by atoms with Crippen molar-refractivity contribution in [1.29, 1.82) is 0 Å². The van der Waals surface area contributed by atoms with E-state index in [0.29, 0.717) is 35.1 Å². The molecular weight excluding hydrogens is 484 g/mol. The molecule has 0 radical (unpaired) electrons. The molecule has 1 aliphatic heterocycles. The molecule has 0 spiro atoms. The largest absolute Gasteiger partial charge is 0.496 e. The van der Waals surface area contributed by atoms with Gasteiger partial charge in [0.2, 0.25) is 12.3 Å². The minimum Gasteiger partial charge on any atom is -0.496 e. The lowest BCUT2D eigenvalue weighted by molar-refractivity contribution is -0.118. The standard InChI is InChI=1S/C28H40N6O4/c1-36-24-11-8-12-25(37-2)27(24)23(31-20-9-4-5-10-20)18-22(29)28(35)32-21(17-26-33-30-19-38-26)13-16-34-14-6-3-7-15-34/h8,11-12,18-21H,3-7,9-10,13-17,29H2,1-2H3,(H,32,35). The Labute approximate surface area is 224 Å². The minimum absolute atomic E-state index is 0.0724. The van der Waals surface area contributed by atoms with Gasteiger partial charge in [0, 0.05) is 19.0 Å². The molecule has 1 unspecified atom stereocenters. The van der Waals surface area contributed by atoms with E-state index in [9.17, 15) is 4.79 Å². The number of carbonyl (C=O) groups excluding carboxylic acids is 1. The molecule has 3 N–H and O–H groups in total. The number of nitrogens with two attached hydrogens (primary N) is 1. The lowest BCUT2D eigenvalue weighted by atomic mass is 10.0. The number of allylic oxidation sites excluding steroid dienone is 1. The maximum Gasteiger partial charge on any atom is 0.267 e. The Morgan fingerprint density at radius 1 is 1.18 bits per heavy atom. The molecule has 2 heterocycles. The molecule has 2 fully saturated rings. The molecular formula is C28H40N6O4. The van der Waals surface area contributed by atoms with Gasteiger partial charge >= 0.3 is 0 Å². The Kier molecular flexibility index (Phi) is 10.1. The number of hydrogen-bond donors (Lipinski definition) is 2. The zero-order valence-corrected chi connectivity index (χ0v) is 22.5. The summed E-state index contributed by atoms with van der Waals surface area (Å²) in [7, 11) is 3.21. The number of piperidine rings is 1. The molecule has 10 heteroatoms. The smallest absolute Gasteiger partial charge is 0.267 e. The third-order valence-electron chi connectivity index (χ3n) is 7.29. The van der Waals surface area contributed by atoms with Gasteiger partial charge in [-0.25, -0.2) is 0 Å². The highest BCUT2D eigenvalue weighted by Crippen LogP contribution is 2.31. The second-order valence-corrected chi connectivity index (χ2v) is 9.99.